The number of carbonyl (C=O) groups excluding carboxylic acids is 2. The summed E-state index contributed by atoms with van der Waals surface area (Å²) < 4.78 is 50.2. The molecule has 2 rings (SSSR count). The number of hydrogen-bond acceptors (Lipinski definition) is 4. The molecule has 7 heteroatoms. The SMILES string of the molecule is CCOC(=O)C1CC=C(Br)CC1.[2H]C([2H])([2H])C1=CCC(C(=O)OCC)CC1.[2H][C-]([2H])[2H].[I-].[Mg+2]. The van der Waals surface area contributed by atoms with Crippen molar-refractivity contribution in [1.82, 2.24) is 0 Å². The summed E-state index contributed by atoms with van der Waals surface area (Å²) in [5.41, 5.74) is 0.475. The van der Waals surface area contributed by atoms with Crippen LogP contribution in [0.2, 0.25) is 0 Å². The molecule has 0 aromatic heterocycles. The quantitative estimate of drug-likeness (QED) is 0.170. The van der Waals surface area contributed by atoms with Crippen LogP contribution in [0.4, 0.5) is 0 Å². The number of hydrogen-bond donors (Lipinski definition) is 0. The van der Waals surface area contributed by atoms with E-state index < -0.39 is 14.2 Å². The second-order valence-corrected chi connectivity index (χ2v) is 6.85. The van der Waals surface area contributed by atoms with Gasteiger partial charge in [-0.25, -0.2) is 4.11 Å². The van der Waals surface area contributed by atoms with E-state index in [4.69, 9.17) is 17.7 Å². The fourth-order valence-electron chi connectivity index (χ4n) is 2.58. The molecule has 27 heavy (non-hydrogen) atoms. The maximum atomic E-state index is 11.4. The molecule has 0 aromatic rings. The Bertz CT molecular complexity index is 629. The molecule has 0 bridgehead atoms. The van der Waals surface area contributed by atoms with Gasteiger partial charge in [-0.05, 0) is 63.7 Å². The Kier molecular flexibility index (Phi) is 14.1. The zero-order chi connectivity index (χ0) is 24.0. The van der Waals surface area contributed by atoms with E-state index in [1.807, 2.05) is 6.92 Å². The fourth-order valence-corrected chi connectivity index (χ4v) is 3.00. The van der Waals surface area contributed by atoms with E-state index in [-0.39, 0.29) is 70.8 Å². The number of rotatable bonds is 4. The van der Waals surface area contributed by atoms with Crippen LogP contribution < -0.4 is 24.0 Å². The van der Waals surface area contributed by atoms with Crippen LogP contribution in [-0.4, -0.2) is 48.2 Å². The third kappa shape index (κ3) is 13.3. The first kappa shape index (κ1) is 20.7. The monoisotopic (exact) mass is 572 g/mol. The van der Waals surface area contributed by atoms with E-state index in [1.54, 1.807) is 13.0 Å². The summed E-state index contributed by atoms with van der Waals surface area (Å²) in [7, 11) is -0.833. The average Bonchev–Trinajstić information content (AvgIpc) is 2.68. The van der Waals surface area contributed by atoms with Crippen molar-refractivity contribution in [3.8, 4) is 0 Å². The Hall–Kier alpha value is 0.396. The Morgan fingerprint density at radius 1 is 1.15 bits per heavy atom. The summed E-state index contributed by atoms with van der Waals surface area (Å²) >= 11 is 3.41. The molecule has 2 atom stereocenters. The van der Waals surface area contributed by atoms with Crippen molar-refractivity contribution in [2.75, 3.05) is 13.2 Å². The van der Waals surface area contributed by atoms with Gasteiger partial charge in [0.25, 0.3) is 0 Å². The van der Waals surface area contributed by atoms with Crippen molar-refractivity contribution in [1.29, 1.82) is 0 Å². The van der Waals surface area contributed by atoms with Crippen LogP contribution in [0.1, 0.15) is 67.4 Å². The molecule has 0 fully saturated rings. The molecule has 0 heterocycles. The average molecular weight is 574 g/mol. The summed E-state index contributed by atoms with van der Waals surface area (Å²) in [4.78, 5) is 22.6. The van der Waals surface area contributed by atoms with Gasteiger partial charge in [-0.15, -0.1) is 0 Å². The molecular weight excluding hydrogens is 535 g/mol. The fraction of sp³-hybridized carbons (Fsp3) is 0.650. The normalized spacial score (nSPS) is 24.1. The first-order valence-electron chi connectivity index (χ1n) is 11.6. The Balaban J connectivity index is -0.000000452. The summed E-state index contributed by atoms with van der Waals surface area (Å²) in [6.45, 7) is 2.47. The van der Waals surface area contributed by atoms with Gasteiger partial charge in [0.2, 0.25) is 0 Å². The van der Waals surface area contributed by atoms with Crippen LogP contribution in [-0.2, 0) is 19.1 Å². The van der Waals surface area contributed by atoms with Gasteiger partial charge in [0.1, 0.15) is 0 Å². The predicted octanol–water partition coefficient (Wildman–Crippen LogP) is 2.00. The number of carbonyl (C=O) groups is 2. The minimum absolute atomic E-state index is 0. The molecule has 0 aliphatic heterocycles. The standard InChI is InChI=1S/C10H16O2.C9H13BrO2.CH3.HI.Mg/c1-3-12-10(11)9-6-4-8(2)5-7-9;1-2-12-9(11)7-3-5-8(10)6-4-7;;;/h4,9H,3,5-7H2,1-2H3;5,7H,2-4,6H2,1H3;1H3;1H;/q;;-1;;+2/p-1/i2D3;;1D3;;. The van der Waals surface area contributed by atoms with Gasteiger partial charge in [0, 0.05) is 4.11 Å². The van der Waals surface area contributed by atoms with E-state index in [0.717, 1.165) is 19.3 Å². The molecule has 0 spiro atoms. The van der Waals surface area contributed by atoms with Gasteiger partial charge in [-0.2, -0.15) is 0 Å². The second kappa shape index (κ2) is 18.4. The van der Waals surface area contributed by atoms with Crippen molar-refractivity contribution >= 4 is 50.9 Å². The van der Waals surface area contributed by atoms with Crippen molar-refractivity contribution in [3.63, 3.8) is 0 Å². The van der Waals surface area contributed by atoms with E-state index >= 15 is 0 Å². The largest absolute Gasteiger partial charge is 2.00 e. The molecular formula is C20H32BrIMgO4. The van der Waals surface area contributed by atoms with Gasteiger partial charge in [0.05, 0.1) is 25.0 Å². The number of esters is 2. The Morgan fingerprint density at radius 2 is 1.63 bits per heavy atom. The maximum Gasteiger partial charge on any atom is 2.00 e. The molecule has 0 saturated carbocycles. The molecule has 152 valence electrons. The van der Waals surface area contributed by atoms with Gasteiger partial charge in [-0.3, -0.25) is 9.59 Å². The van der Waals surface area contributed by atoms with Crippen LogP contribution >= 0.6 is 15.9 Å². The van der Waals surface area contributed by atoms with Crippen molar-refractivity contribution in [2.24, 2.45) is 11.8 Å². The van der Waals surface area contributed by atoms with Gasteiger partial charge >= 0.3 is 35.0 Å². The number of halogens is 2. The smallest absolute Gasteiger partial charge is 1.00 e. The van der Waals surface area contributed by atoms with Crippen LogP contribution in [0.25, 0.3) is 0 Å². The summed E-state index contributed by atoms with van der Waals surface area (Å²) in [6, 6.07) is 0. The second-order valence-electron chi connectivity index (χ2n) is 5.83. The third-order valence-electron chi connectivity index (χ3n) is 4.01. The van der Waals surface area contributed by atoms with Gasteiger partial charge < -0.3 is 40.8 Å². The summed E-state index contributed by atoms with van der Waals surface area (Å²) in [5, 5.41) is 0. The molecule has 2 unspecified atom stereocenters. The molecule has 2 aliphatic carbocycles. The molecule has 0 saturated heterocycles. The van der Waals surface area contributed by atoms with Crippen LogP contribution in [0, 0.1) is 19.2 Å². The van der Waals surface area contributed by atoms with E-state index in [0.29, 0.717) is 38.0 Å². The summed E-state index contributed by atoms with van der Waals surface area (Å²) in [5.74, 6) is -0.325. The minimum Gasteiger partial charge on any atom is -1.00 e. The minimum atomic E-state index is -2.00. The molecule has 2 aliphatic rings. The van der Waals surface area contributed by atoms with E-state index in [2.05, 4.69) is 22.0 Å². The molecule has 0 radical (unpaired) electrons. The number of allylic oxidation sites excluding steroid dienone is 4. The summed E-state index contributed by atoms with van der Waals surface area (Å²) in [6.07, 6.45) is 7.97. The van der Waals surface area contributed by atoms with E-state index in [9.17, 15) is 9.59 Å². The van der Waals surface area contributed by atoms with E-state index in [1.165, 1.54) is 4.48 Å². The van der Waals surface area contributed by atoms with Gasteiger partial charge in [0.15, 0.2) is 0 Å². The van der Waals surface area contributed by atoms with Crippen LogP contribution in [0.3, 0.4) is 0 Å². The van der Waals surface area contributed by atoms with Crippen molar-refractivity contribution in [3.05, 3.63) is 29.6 Å². The zero-order valence-corrected chi connectivity index (χ0v) is 21.2. The molecule has 4 nitrogen and oxygen atoms in total. The van der Waals surface area contributed by atoms with Crippen molar-refractivity contribution in [2.45, 2.75) is 59.2 Å². The molecule has 0 aromatic carbocycles. The van der Waals surface area contributed by atoms with Crippen molar-refractivity contribution < 1.29 is 51.3 Å². The first-order valence-corrected chi connectivity index (χ1v) is 9.35. The molecule has 0 N–H and O–H groups in total. The maximum absolute atomic E-state index is 11.4. The molecule has 0 amide bonds. The van der Waals surface area contributed by atoms with Crippen LogP contribution in [0.15, 0.2) is 22.2 Å². The Morgan fingerprint density at radius 3 is 1.96 bits per heavy atom. The topological polar surface area (TPSA) is 52.6 Å². The predicted molar refractivity (Wildman–Crippen MR) is 111 cm³/mol. The third-order valence-corrected chi connectivity index (χ3v) is 4.73. The zero-order valence-electron chi connectivity index (χ0n) is 22.1. The first-order chi connectivity index (χ1) is 14.4. The Labute approximate surface area is 215 Å². The van der Waals surface area contributed by atoms with Crippen LogP contribution in [0.5, 0.6) is 0 Å². The van der Waals surface area contributed by atoms with Gasteiger partial charge in [-0.1, -0.05) is 33.7 Å². The number of ether oxygens (including phenoxy) is 2.